The van der Waals surface area contributed by atoms with Gasteiger partial charge in [0.25, 0.3) is 5.91 Å². The summed E-state index contributed by atoms with van der Waals surface area (Å²) >= 11 is 1.31. The van der Waals surface area contributed by atoms with E-state index in [9.17, 15) is 14.4 Å². The van der Waals surface area contributed by atoms with Crippen molar-refractivity contribution >= 4 is 45.6 Å². The summed E-state index contributed by atoms with van der Waals surface area (Å²) in [5.74, 6) is -0.610. The van der Waals surface area contributed by atoms with Crippen molar-refractivity contribution < 1.29 is 14.4 Å². The number of nitrogens with zero attached hydrogens (tertiary/aromatic N) is 3. The molecule has 9 nitrogen and oxygen atoms in total. The molecular weight excluding hydrogens is 452 g/mol. The molecular formula is C24H22N6O3S. The van der Waals surface area contributed by atoms with Gasteiger partial charge in [0.1, 0.15) is 0 Å². The number of aryl methyl sites for hydroxylation is 1. The van der Waals surface area contributed by atoms with Crippen molar-refractivity contribution in [3.05, 3.63) is 78.2 Å². The molecule has 4 aromatic rings. The second-order valence-corrected chi connectivity index (χ2v) is 8.29. The fourth-order valence-corrected chi connectivity index (χ4v) is 3.89. The van der Waals surface area contributed by atoms with Crippen molar-refractivity contribution in [1.29, 1.82) is 0 Å². The van der Waals surface area contributed by atoms with Crippen molar-refractivity contribution in [2.45, 2.75) is 19.9 Å². The largest absolute Gasteiger partial charge is 0.337 e. The number of imidazole rings is 1. The summed E-state index contributed by atoms with van der Waals surface area (Å²) in [5.41, 5.74) is 3.24. The Bertz CT molecular complexity index is 1300. The van der Waals surface area contributed by atoms with E-state index in [2.05, 4.69) is 25.9 Å². The number of carbonyl (C=O) groups is 3. The summed E-state index contributed by atoms with van der Waals surface area (Å²) in [4.78, 5) is 44.5. The number of hydrogen-bond donors (Lipinski definition) is 3. The van der Waals surface area contributed by atoms with Crippen LogP contribution in [0.25, 0.3) is 11.3 Å². The third-order valence-electron chi connectivity index (χ3n) is 4.79. The van der Waals surface area contributed by atoms with Crippen molar-refractivity contribution in [2.24, 2.45) is 0 Å². The Morgan fingerprint density at radius 3 is 2.56 bits per heavy atom. The van der Waals surface area contributed by atoms with Crippen LogP contribution >= 0.6 is 11.3 Å². The molecule has 0 saturated heterocycles. The third kappa shape index (κ3) is 6.14. The number of thiazole rings is 1. The Kier molecular flexibility index (Phi) is 7.09. The van der Waals surface area contributed by atoms with Crippen LogP contribution in [0.15, 0.2) is 72.6 Å². The van der Waals surface area contributed by atoms with Gasteiger partial charge >= 0.3 is 0 Å². The maximum atomic E-state index is 12.7. The average molecular weight is 475 g/mol. The third-order valence-corrected chi connectivity index (χ3v) is 5.55. The molecule has 34 heavy (non-hydrogen) atoms. The van der Waals surface area contributed by atoms with Crippen molar-refractivity contribution in [3.63, 3.8) is 0 Å². The first-order valence-electron chi connectivity index (χ1n) is 10.5. The molecule has 0 bridgehead atoms. The van der Waals surface area contributed by atoms with Crippen molar-refractivity contribution in [3.8, 4) is 11.3 Å². The molecule has 0 saturated carbocycles. The van der Waals surface area contributed by atoms with E-state index in [0.29, 0.717) is 40.7 Å². The smallest absolute Gasteiger partial charge is 0.257 e. The van der Waals surface area contributed by atoms with Crippen LogP contribution in [0.2, 0.25) is 0 Å². The summed E-state index contributed by atoms with van der Waals surface area (Å²) in [5, 5.41) is 10.6. The minimum Gasteiger partial charge on any atom is -0.337 e. The molecule has 3 amide bonds. The fraction of sp³-hybridized carbons (Fsp3) is 0.125. The SMILES string of the molecule is CC(=O)Nc1ccc(-c2csc(NC(=O)c3cccc(NC(=O)CCn4ccnc4)c3)n2)cc1. The first-order valence-corrected chi connectivity index (χ1v) is 11.3. The van der Waals surface area contributed by atoms with Crippen LogP contribution in [-0.2, 0) is 16.1 Å². The first-order chi connectivity index (χ1) is 16.5. The van der Waals surface area contributed by atoms with Crippen molar-refractivity contribution in [2.75, 3.05) is 16.0 Å². The topological polar surface area (TPSA) is 118 Å². The molecule has 0 atom stereocenters. The molecule has 3 N–H and O–H groups in total. The Morgan fingerprint density at radius 2 is 1.82 bits per heavy atom. The maximum Gasteiger partial charge on any atom is 0.257 e. The highest BCUT2D eigenvalue weighted by Gasteiger charge is 2.12. The van der Waals surface area contributed by atoms with E-state index < -0.39 is 0 Å². The van der Waals surface area contributed by atoms with Gasteiger partial charge in [0.2, 0.25) is 11.8 Å². The lowest BCUT2D eigenvalue weighted by Crippen LogP contribution is -2.15. The summed E-state index contributed by atoms with van der Waals surface area (Å²) in [6, 6.07) is 14.0. The molecule has 0 spiro atoms. The number of benzene rings is 2. The lowest BCUT2D eigenvalue weighted by Gasteiger charge is -2.08. The minimum atomic E-state index is -0.323. The van der Waals surface area contributed by atoms with Gasteiger partial charge in [0.05, 0.1) is 12.0 Å². The van der Waals surface area contributed by atoms with Gasteiger partial charge in [0, 0.05) is 60.2 Å². The van der Waals surface area contributed by atoms with Gasteiger partial charge in [-0.2, -0.15) is 0 Å². The fourth-order valence-electron chi connectivity index (χ4n) is 3.17. The maximum absolute atomic E-state index is 12.7. The Morgan fingerprint density at radius 1 is 1.00 bits per heavy atom. The quantitative estimate of drug-likeness (QED) is 0.353. The number of hydrogen-bond acceptors (Lipinski definition) is 6. The van der Waals surface area contributed by atoms with E-state index in [-0.39, 0.29) is 17.7 Å². The molecule has 2 aromatic carbocycles. The molecule has 10 heteroatoms. The molecule has 0 unspecified atom stereocenters. The zero-order valence-corrected chi connectivity index (χ0v) is 19.1. The summed E-state index contributed by atoms with van der Waals surface area (Å²) < 4.78 is 1.82. The van der Waals surface area contributed by atoms with Crippen molar-refractivity contribution in [1.82, 2.24) is 14.5 Å². The highest BCUT2D eigenvalue weighted by Crippen LogP contribution is 2.26. The van der Waals surface area contributed by atoms with Gasteiger partial charge in [-0.15, -0.1) is 11.3 Å². The Balaban J connectivity index is 1.35. The van der Waals surface area contributed by atoms with Gasteiger partial charge in [-0.1, -0.05) is 18.2 Å². The number of amides is 3. The Labute approximate surface area is 199 Å². The summed E-state index contributed by atoms with van der Waals surface area (Å²) in [6.07, 6.45) is 5.40. The van der Waals surface area contributed by atoms with E-state index in [0.717, 1.165) is 5.56 Å². The summed E-state index contributed by atoms with van der Waals surface area (Å²) in [6.45, 7) is 1.98. The normalized spacial score (nSPS) is 10.5. The van der Waals surface area contributed by atoms with Crippen LogP contribution in [0.1, 0.15) is 23.7 Å². The van der Waals surface area contributed by atoms with Crippen LogP contribution in [-0.4, -0.2) is 32.3 Å². The lowest BCUT2D eigenvalue weighted by atomic mass is 10.1. The zero-order chi connectivity index (χ0) is 23.9. The lowest BCUT2D eigenvalue weighted by molar-refractivity contribution is -0.116. The molecule has 0 aliphatic rings. The van der Waals surface area contributed by atoms with Gasteiger partial charge in [-0.25, -0.2) is 9.97 Å². The zero-order valence-electron chi connectivity index (χ0n) is 18.3. The molecule has 2 aromatic heterocycles. The Hall–Kier alpha value is -4.31. The van der Waals surface area contributed by atoms with Gasteiger partial charge in [-0.3, -0.25) is 19.7 Å². The van der Waals surface area contributed by atoms with Crippen LogP contribution < -0.4 is 16.0 Å². The molecule has 0 fully saturated rings. The molecule has 4 rings (SSSR count). The first kappa shape index (κ1) is 22.9. The summed E-state index contributed by atoms with van der Waals surface area (Å²) in [7, 11) is 0. The molecule has 0 aliphatic heterocycles. The monoisotopic (exact) mass is 474 g/mol. The van der Waals surface area contributed by atoms with E-state index in [1.54, 1.807) is 55.1 Å². The van der Waals surface area contributed by atoms with Crippen LogP contribution in [0, 0.1) is 0 Å². The van der Waals surface area contributed by atoms with E-state index >= 15 is 0 Å². The molecule has 172 valence electrons. The standard InChI is InChI=1S/C24H22N6O3S/c1-16(31)26-19-7-5-17(6-8-19)21-14-34-24(28-21)29-23(33)18-3-2-4-20(13-18)27-22(32)9-11-30-12-10-25-15-30/h2-8,10,12-15H,9,11H2,1H3,(H,26,31)(H,27,32)(H,28,29,33). The van der Waals surface area contributed by atoms with Crippen LogP contribution in [0.3, 0.4) is 0 Å². The number of anilines is 3. The minimum absolute atomic E-state index is 0.135. The number of carbonyl (C=O) groups excluding carboxylic acids is 3. The number of aromatic nitrogens is 3. The van der Waals surface area contributed by atoms with Crippen LogP contribution in [0.4, 0.5) is 16.5 Å². The van der Waals surface area contributed by atoms with E-state index in [1.807, 2.05) is 22.1 Å². The highest BCUT2D eigenvalue weighted by atomic mass is 32.1. The van der Waals surface area contributed by atoms with Gasteiger partial charge in [0.15, 0.2) is 5.13 Å². The highest BCUT2D eigenvalue weighted by molar-refractivity contribution is 7.14. The predicted molar refractivity (Wildman–Crippen MR) is 132 cm³/mol. The second kappa shape index (κ2) is 10.5. The molecule has 0 radical (unpaired) electrons. The van der Waals surface area contributed by atoms with Gasteiger partial charge < -0.3 is 15.2 Å². The predicted octanol–water partition coefficient (Wildman–Crippen LogP) is 4.25. The average Bonchev–Trinajstić information content (AvgIpc) is 3.50. The van der Waals surface area contributed by atoms with E-state index in [1.165, 1.54) is 18.3 Å². The second-order valence-electron chi connectivity index (χ2n) is 7.43. The van der Waals surface area contributed by atoms with Gasteiger partial charge in [-0.05, 0) is 30.3 Å². The molecule has 0 aliphatic carbocycles. The number of rotatable bonds is 8. The molecule has 2 heterocycles. The van der Waals surface area contributed by atoms with Crippen LogP contribution in [0.5, 0.6) is 0 Å². The van der Waals surface area contributed by atoms with E-state index in [4.69, 9.17) is 0 Å². The number of nitrogens with one attached hydrogen (secondary N) is 3.